The van der Waals surface area contributed by atoms with Gasteiger partial charge in [-0.15, -0.1) is 0 Å². The van der Waals surface area contributed by atoms with Gasteiger partial charge in [0.25, 0.3) is 0 Å². The van der Waals surface area contributed by atoms with Crippen molar-refractivity contribution in [3.8, 4) is 0 Å². The number of nitrogens with zero attached hydrogens (tertiary/aromatic N) is 1. The van der Waals surface area contributed by atoms with Crippen molar-refractivity contribution in [1.82, 2.24) is 4.90 Å². The van der Waals surface area contributed by atoms with Crippen LogP contribution in [0.5, 0.6) is 0 Å². The van der Waals surface area contributed by atoms with Gasteiger partial charge < -0.3 is 14.7 Å². The number of benzene rings is 2. The van der Waals surface area contributed by atoms with Crippen molar-refractivity contribution in [2.75, 3.05) is 26.2 Å². The molecule has 4 heteroatoms. The van der Waals surface area contributed by atoms with Crippen LogP contribution < -0.4 is 0 Å². The molecule has 0 saturated heterocycles. The van der Waals surface area contributed by atoms with Gasteiger partial charge in [0.2, 0.25) is 5.60 Å². The molecule has 0 bridgehead atoms. The highest BCUT2D eigenvalue weighted by molar-refractivity contribution is 5.86. The standard InChI is InChI=1S/C23H31NO3/c1-6-24(7-2)13-14-27-22(25)23(26,20-11-9-8-10-12-20)21-16-17(3)15-18(4)19(21)5/h8-12,15-16,26H,6-7,13-14H2,1-5H3/t23-/m1/s1. The van der Waals surface area contributed by atoms with Crippen LogP contribution in [0.2, 0.25) is 0 Å². The topological polar surface area (TPSA) is 49.8 Å². The van der Waals surface area contributed by atoms with Crippen molar-refractivity contribution >= 4 is 5.97 Å². The van der Waals surface area contributed by atoms with Crippen LogP contribution in [0.25, 0.3) is 0 Å². The summed E-state index contributed by atoms with van der Waals surface area (Å²) in [5.41, 5.74) is 2.21. The van der Waals surface area contributed by atoms with Gasteiger partial charge in [-0.3, -0.25) is 0 Å². The van der Waals surface area contributed by atoms with Crippen LogP contribution in [-0.4, -0.2) is 42.2 Å². The van der Waals surface area contributed by atoms with Crippen molar-refractivity contribution in [3.05, 3.63) is 70.3 Å². The molecule has 1 N–H and O–H groups in total. The smallest absolute Gasteiger partial charge is 0.347 e. The zero-order chi connectivity index (χ0) is 20.0. The first-order valence-electron chi connectivity index (χ1n) is 9.60. The predicted molar refractivity (Wildman–Crippen MR) is 109 cm³/mol. The second-order valence-corrected chi connectivity index (χ2v) is 6.99. The first-order valence-corrected chi connectivity index (χ1v) is 9.60. The molecule has 0 amide bonds. The number of hydrogen-bond acceptors (Lipinski definition) is 4. The normalized spacial score (nSPS) is 13.4. The van der Waals surface area contributed by atoms with Crippen LogP contribution in [0.4, 0.5) is 0 Å². The molecule has 2 aromatic rings. The molecule has 27 heavy (non-hydrogen) atoms. The molecule has 2 rings (SSSR count). The minimum atomic E-state index is -1.83. The van der Waals surface area contributed by atoms with Gasteiger partial charge in [0.1, 0.15) is 6.61 Å². The van der Waals surface area contributed by atoms with E-state index < -0.39 is 11.6 Å². The average molecular weight is 370 g/mol. The zero-order valence-corrected chi connectivity index (χ0v) is 17.1. The highest BCUT2D eigenvalue weighted by atomic mass is 16.5. The van der Waals surface area contributed by atoms with Crippen LogP contribution in [0.15, 0.2) is 42.5 Å². The van der Waals surface area contributed by atoms with Gasteiger partial charge in [-0.25, -0.2) is 4.79 Å². The van der Waals surface area contributed by atoms with E-state index in [1.807, 2.05) is 45.0 Å². The van der Waals surface area contributed by atoms with E-state index in [1.54, 1.807) is 12.1 Å². The quantitative estimate of drug-likeness (QED) is 0.720. The first-order chi connectivity index (χ1) is 12.8. The number of carbonyl (C=O) groups is 1. The lowest BCUT2D eigenvalue weighted by Gasteiger charge is -2.30. The van der Waals surface area contributed by atoms with Gasteiger partial charge in [0.15, 0.2) is 0 Å². The number of rotatable bonds is 8. The summed E-state index contributed by atoms with van der Waals surface area (Å²) in [5.74, 6) is -0.631. The van der Waals surface area contributed by atoms with E-state index in [2.05, 4.69) is 24.8 Å². The van der Waals surface area contributed by atoms with Gasteiger partial charge in [-0.05, 0) is 50.6 Å². The lowest BCUT2D eigenvalue weighted by atomic mass is 9.82. The molecular weight excluding hydrogens is 338 g/mol. The Kier molecular flexibility index (Phi) is 7.17. The second-order valence-electron chi connectivity index (χ2n) is 6.99. The van der Waals surface area contributed by atoms with Gasteiger partial charge in [-0.1, -0.05) is 61.9 Å². The molecule has 1 atom stereocenters. The molecule has 4 nitrogen and oxygen atoms in total. The number of carbonyl (C=O) groups excluding carboxylic acids is 1. The molecule has 0 saturated carbocycles. The molecule has 0 aliphatic carbocycles. The Bertz CT molecular complexity index is 769. The monoisotopic (exact) mass is 369 g/mol. The number of aryl methyl sites for hydroxylation is 2. The van der Waals surface area contributed by atoms with Crippen LogP contribution in [0.1, 0.15) is 41.7 Å². The number of hydrogen-bond donors (Lipinski definition) is 1. The van der Waals surface area contributed by atoms with Crippen LogP contribution >= 0.6 is 0 Å². The SMILES string of the molecule is CCN(CC)CCOC(=O)[C@@](O)(c1ccccc1)c1cc(C)cc(C)c1C. The first kappa shape index (κ1) is 21.1. The third-order valence-corrected chi connectivity index (χ3v) is 5.22. The number of ether oxygens (including phenoxy) is 1. The predicted octanol–water partition coefficient (Wildman–Crippen LogP) is 3.73. The Balaban J connectivity index is 2.42. The molecule has 0 unspecified atom stereocenters. The number of likely N-dealkylation sites (N-methyl/N-ethyl adjacent to an activating group) is 1. The highest BCUT2D eigenvalue weighted by Gasteiger charge is 2.43. The molecule has 0 aliphatic rings. The van der Waals surface area contributed by atoms with Crippen LogP contribution in [0, 0.1) is 20.8 Å². The van der Waals surface area contributed by atoms with E-state index in [0.29, 0.717) is 17.7 Å². The van der Waals surface area contributed by atoms with Crippen molar-refractivity contribution < 1.29 is 14.6 Å². The van der Waals surface area contributed by atoms with E-state index in [-0.39, 0.29) is 6.61 Å². The van der Waals surface area contributed by atoms with E-state index >= 15 is 0 Å². The summed E-state index contributed by atoms with van der Waals surface area (Å²) in [7, 11) is 0. The third-order valence-electron chi connectivity index (χ3n) is 5.22. The zero-order valence-electron chi connectivity index (χ0n) is 17.1. The molecule has 0 heterocycles. The van der Waals surface area contributed by atoms with E-state index in [0.717, 1.165) is 29.8 Å². The third kappa shape index (κ3) is 4.57. The summed E-state index contributed by atoms with van der Waals surface area (Å²) >= 11 is 0. The largest absolute Gasteiger partial charge is 0.462 e. The number of esters is 1. The molecule has 0 radical (unpaired) electrons. The maximum atomic E-state index is 13.1. The Labute approximate surface area is 162 Å². The van der Waals surface area contributed by atoms with Crippen molar-refractivity contribution in [3.63, 3.8) is 0 Å². The molecule has 0 spiro atoms. The Morgan fingerprint density at radius 3 is 2.30 bits per heavy atom. The molecular formula is C23H31NO3. The van der Waals surface area contributed by atoms with Gasteiger partial charge in [-0.2, -0.15) is 0 Å². The van der Waals surface area contributed by atoms with Crippen LogP contribution in [-0.2, 0) is 15.1 Å². The van der Waals surface area contributed by atoms with Crippen LogP contribution in [0.3, 0.4) is 0 Å². The minimum absolute atomic E-state index is 0.250. The molecule has 2 aromatic carbocycles. The fraction of sp³-hybridized carbons (Fsp3) is 0.435. The summed E-state index contributed by atoms with van der Waals surface area (Å²) in [4.78, 5) is 15.3. The summed E-state index contributed by atoms with van der Waals surface area (Å²) in [6.07, 6.45) is 0. The molecule has 0 fully saturated rings. The lowest BCUT2D eigenvalue weighted by Crippen LogP contribution is -2.40. The average Bonchev–Trinajstić information content (AvgIpc) is 2.68. The highest BCUT2D eigenvalue weighted by Crippen LogP contribution is 2.35. The Hall–Kier alpha value is -2.17. The molecule has 0 aromatic heterocycles. The van der Waals surface area contributed by atoms with Crippen molar-refractivity contribution in [2.45, 2.75) is 40.2 Å². The maximum absolute atomic E-state index is 13.1. The van der Waals surface area contributed by atoms with Gasteiger partial charge in [0, 0.05) is 12.1 Å². The van der Waals surface area contributed by atoms with E-state index in [4.69, 9.17) is 4.74 Å². The summed E-state index contributed by atoms with van der Waals surface area (Å²) in [5, 5.41) is 11.6. The van der Waals surface area contributed by atoms with E-state index in [1.165, 1.54) is 0 Å². The minimum Gasteiger partial charge on any atom is -0.462 e. The molecule has 0 aliphatic heterocycles. The van der Waals surface area contributed by atoms with E-state index in [9.17, 15) is 9.90 Å². The summed E-state index contributed by atoms with van der Waals surface area (Å²) in [6, 6.07) is 13.0. The second kappa shape index (κ2) is 9.16. The Morgan fingerprint density at radius 1 is 1.07 bits per heavy atom. The molecule has 146 valence electrons. The summed E-state index contributed by atoms with van der Waals surface area (Å²) < 4.78 is 5.55. The number of aliphatic hydroxyl groups is 1. The fourth-order valence-corrected chi connectivity index (χ4v) is 3.39. The summed E-state index contributed by atoms with van der Waals surface area (Å²) in [6.45, 7) is 12.7. The Morgan fingerprint density at radius 2 is 1.70 bits per heavy atom. The maximum Gasteiger partial charge on any atom is 0.347 e. The lowest BCUT2D eigenvalue weighted by molar-refractivity contribution is -0.162. The van der Waals surface area contributed by atoms with Gasteiger partial charge in [0.05, 0.1) is 0 Å². The fourth-order valence-electron chi connectivity index (χ4n) is 3.39. The van der Waals surface area contributed by atoms with Crippen molar-refractivity contribution in [1.29, 1.82) is 0 Å². The van der Waals surface area contributed by atoms with Crippen molar-refractivity contribution in [2.24, 2.45) is 0 Å². The van der Waals surface area contributed by atoms with Gasteiger partial charge >= 0.3 is 5.97 Å².